The molecule has 136 valence electrons. The Hall–Kier alpha value is -2.03. The Bertz CT molecular complexity index is 998. The van der Waals surface area contributed by atoms with Gasteiger partial charge in [-0.25, -0.2) is 4.98 Å². The molecule has 0 atom stereocenters. The van der Waals surface area contributed by atoms with E-state index in [9.17, 15) is 9.59 Å². The highest BCUT2D eigenvalue weighted by Gasteiger charge is 2.26. The maximum atomic E-state index is 13.0. The quantitative estimate of drug-likeness (QED) is 0.691. The first-order chi connectivity index (χ1) is 12.5. The maximum absolute atomic E-state index is 13.0. The van der Waals surface area contributed by atoms with E-state index >= 15 is 0 Å². The fourth-order valence-electron chi connectivity index (χ4n) is 3.29. The molecule has 0 aromatic carbocycles. The number of hydrogen-bond donors (Lipinski definition) is 0. The average molecular weight is 389 g/mol. The molecule has 1 aliphatic heterocycles. The number of nitrogens with zero attached hydrogens (tertiary/aromatic N) is 4. The zero-order chi connectivity index (χ0) is 18.3. The molecule has 1 saturated heterocycles. The van der Waals surface area contributed by atoms with Crippen LogP contribution in [-0.2, 0) is 13.6 Å². The normalized spacial score (nSPS) is 15.7. The summed E-state index contributed by atoms with van der Waals surface area (Å²) in [5.41, 5.74) is 0.660. The number of piperazine rings is 1. The highest BCUT2D eigenvalue weighted by molar-refractivity contribution is 7.20. The molecule has 0 N–H and O–H groups in total. The van der Waals surface area contributed by atoms with E-state index in [4.69, 9.17) is 0 Å². The molecule has 0 aliphatic carbocycles. The molecule has 1 amide bonds. The summed E-state index contributed by atoms with van der Waals surface area (Å²) in [5, 5.41) is 2.66. The van der Waals surface area contributed by atoms with Gasteiger partial charge in [0, 0.05) is 44.6 Å². The molecule has 8 heteroatoms. The lowest BCUT2D eigenvalue weighted by atomic mass is 10.2. The third kappa shape index (κ3) is 3.08. The van der Waals surface area contributed by atoms with Crippen molar-refractivity contribution >= 4 is 38.8 Å². The highest BCUT2D eigenvalue weighted by Crippen LogP contribution is 2.28. The van der Waals surface area contributed by atoms with E-state index < -0.39 is 0 Å². The minimum Gasteiger partial charge on any atom is -0.335 e. The minimum atomic E-state index is -0.0939. The fraction of sp³-hybridized carbons (Fsp3) is 0.389. The van der Waals surface area contributed by atoms with E-state index in [1.807, 2.05) is 11.8 Å². The molecule has 0 unspecified atom stereocenters. The van der Waals surface area contributed by atoms with Gasteiger partial charge >= 0.3 is 0 Å². The lowest BCUT2D eigenvalue weighted by Gasteiger charge is -2.34. The number of carbonyl (C=O) groups excluding carboxylic acids is 1. The van der Waals surface area contributed by atoms with Crippen molar-refractivity contribution < 1.29 is 4.79 Å². The second-order valence-corrected chi connectivity index (χ2v) is 8.58. The SMILES string of the molecule is Cc1c(C(=O)N2CCN(Cc3cccs3)CC2)sc2ncn(C)c(=O)c12. The van der Waals surface area contributed by atoms with Crippen LogP contribution in [0.3, 0.4) is 0 Å². The van der Waals surface area contributed by atoms with Crippen LogP contribution >= 0.6 is 22.7 Å². The summed E-state index contributed by atoms with van der Waals surface area (Å²) in [5.74, 6) is 0.0170. The van der Waals surface area contributed by atoms with Crippen LogP contribution in [0.25, 0.3) is 10.2 Å². The molecule has 3 aromatic rings. The molecule has 0 bridgehead atoms. The first-order valence-corrected chi connectivity index (χ1v) is 10.2. The van der Waals surface area contributed by atoms with Crippen LogP contribution in [0.2, 0.25) is 0 Å². The Morgan fingerprint density at radius 2 is 2.04 bits per heavy atom. The Balaban J connectivity index is 1.50. The summed E-state index contributed by atoms with van der Waals surface area (Å²) in [4.78, 5) is 36.6. The van der Waals surface area contributed by atoms with Crippen LogP contribution in [0.1, 0.15) is 20.1 Å². The van der Waals surface area contributed by atoms with Gasteiger partial charge in [-0.05, 0) is 23.9 Å². The van der Waals surface area contributed by atoms with Crippen LogP contribution in [0.15, 0.2) is 28.6 Å². The molecule has 0 radical (unpaired) electrons. The van der Waals surface area contributed by atoms with E-state index in [2.05, 4.69) is 27.4 Å². The van der Waals surface area contributed by atoms with Gasteiger partial charge < -0.3 is 9.47 Å². The van der Waals surface area contributed by atoms with Crippen molar-refractivity contribution in [2.75, 3.05) is 26.2 Å². The molecule has 4 heterocycles. The minimum absolute atomic E-state index is 0.0170. The number of aryl methyl sites for hydroxylation is 2. The zero-order valence-corrected chi connectivity index (χ0v) is 16.4. The number of hydrogen-bond acceptors (Lipinski definition) is 6. The van der Waals surface area contributed by atoms with Gasteiger partial charge in [-0.15, -0.1) is 22.7 Å². The van der Waals surface area contributed by atoms with Crippen LogP contribution < -0.4 is 5.56 Å². The van der Waals surface area contributed by atoms with Crippen LogP contribution in [-0.4, -0.2) is 51.4 Å². The number of rotatable bonds is 3. The largest absolute Gasteiger partial charge is 0.335 e. The summed E-state index contributed by atoms with van der Waals surface area (Å²) in [6.07, 6.45) is 1.51. The van der Waals surface area contributed by atoms with Gasteiger partial charge in [0.1, 0.15) is 4.83 Å². The molecular formula is C18H20N4O2S2. The van der Waals surface area contributed by atoms with Gasteiger partial charge in [0.25, 0.3) is 11.5 Å². The van der Waals surface area contributed by atoms with Crippen LogP contribution in [0.5, 0.6) is 0 Å². The van der Waals surface area contributed by atoms with E-state index in [1.165, 1.54) is 27.1 Å². The Labute approximate surface area is 159 Å². The third-order valence-corrected chi connectivity index (χ3v) is 6.87. The summed E-state index contributed by atoms with van der Waals surface area (Å²) in [7, 11) is 1.68. The molecule has 0 saturated carbocycles. The van der Waals surface area contributed by atoms with Crippen molar-refractivity contribution in [2.24, 2.45) is 7.05 Å². The van der Waals surface area contributed by atoms with Gasteiger partial charge in [0.15, 0.2) is 0 Å². The maximum Gasteiger partial charge on any atom is 0.264 e. The smallest absolute Gasteiger partial charge is 0.264 e. The molecule has 3 aromatic heterocycles. The molecule has 6 nitrogen and oxygen atoms in total. The number of fused-ring (bicyclic) bond motifs is 1. The van der Waals surface area contributed by atoms with E-state index in [-0.39, 0.29) is 11.5 Å². The first-order valence-electron chi connectivity index (χ1n) is 8.53. The number of aromatic nitrogens is 2. The fourth-order valence-corrected chi connectivity index (χ4v) is 5.14. The molecule has 26 heavy (non-hydrogen) atoms. The Kier molecular flexibility index (Phi) is 4.64. The van der Waals surface area contributed by atoms with Gasteiger partial charge in [-0.2, -0.15) is 0 Å². The lowest BCUT2D eigenvalue weighted by molar-refractivity contribution is 0.0634. The topological polar surface area (TPSA) is 58.4 Å². The second-order valence-electron chi connectivity index (χ2n) is 6.54. The standard InChI is InChI=1S/C18H20N4O2S2/c1-12-14-16(19-11-20(2)17(14)23)26-15(12)18(24)22-7-5-21(6-8-22)10-13-4-3-9-25-13/h3-4,9,11H,5-8,10H2,1-2H3. The van der Waals surface area contributed by atoms with Gasteiger partial charge in [-0.1, -0.05) is 6.07 Å². The summed E-state index contributed by atoms with van der Waals surface area (Å²) < 4.78 is 1.46. The van der Waals surface area contributed by atoms with Crippen molar-refractivity contribution in [3.63, 3.8) is 0 Å². The zero-order valence-electron chi connectivity index (χ0n) is 14.8. The van der Waals surface area contributed by atoms with Crippen molar-refractivity contribution in [3.05, 3.63) is 49.5 Å². The van der Waals surface area contributed by atoms with Gasteiger partial charge in [0.05, 0.1) is 16.6 Å². The van der Waals surface area contributed by atoms with Crippen LogP contribution in [0.4, 0.5) is 0 Å². The van der Waals surface area contributed by atoms with E-state index in [0.29, 0.717) is 28.2 Å². The lowest BCUT2D eigenvalue weighted by Crippen LogP contribution is -2.48. The van der Waals surface area contributed by atoms with Crippen molar-refractivity contribution in [2.45, 2.75) is 13.5 Å². The van der Waals surface area contributed by atoms with Crippen molar-refractivity contribution in [1.29, 1.82) is 0 Å². The Morgan fingerprint density at radius 3 is 2.73 bits per heavy atom. The number of amides is 1. The summed E-state index contributed by atoms with van der Waals surface area (Å²) in [6, 6.07) is 4.22. The monoisotopic (exact) mass is 388 g/mol. The van der Waals surface area contributed by atoms with Gasteiger partial charge in [-0.3, -0.25) is 14.5 Å². The molecule has 0 spiro atoms. The summed E-state index contributed by atoms with van der Waals surface area (Å²) in [6.45, 7) is 5.96. The average Bonchev–Trinajstić information content (AvgIpc) is 3.26. The van der Waals surface area contributed by atoms with E-state index in [0.717, 1.165) is 25.2 Å². The molecule has 4 rings (SSSR count). The Morgan fingerprint density at radius 1 is 1.27 bits per heavy atom. The number of carbonyl (C=O) groups is 1. The first kappa shape index (κ1) is 17.4. The van der Waals surface area contributed by atoms with E-state index in [1.54, 1.807) is 18.4 Å². The van der Waals surface area contributed by atoms with Crippen LogP contribution in [0, 0.1) is 6.92 Å². The van der Waals surface area contributed by atoms with Crippen molar-refractivity contribution in [3.8, 4) is 0 Å². The molecular weight excluding hydrogens is 368 g/mol. The predicted molar refractivity (Wildman–Crippen MR) is 105 cm³/mol. The van der Waals surface area contributed by atoms with Crippen molar-refractivity contribution in [1.82, 2.24) is 19.4 Å². The molecule has 1 aliphatic rings. The summed E-state index contributed by atoms with van der Waals surface area (Å²) >= 11 is 3.09. The number of thiophene rings is 2. The van der Waals surface area contributed by atoms with Gasteiger partial charge in [0.2, 0.25) is 0 Å². The highest BCUT2D eigenvalue weighted by atomic mass is 32.1. The predicted octanol–water partition coefficient (Wildman–Crippen LogP) is 2.32. The molecule has 1 fully saturated rings. The third-order valence-electron chi connectivity index (χ3n) is 4.82. The second kappa shape index (κ2) is 6.94.